The number of hydrogen-bond donors (Lipinski definition) is 0. The van der Waals surface area contributed by atoms with E-state index >= 15 is 0 Å². The fraction of sp³-hybridized carbons (Fsp3) is 0.355. The molecule has 37 heavy (non-hydrogen) atoms. The second kappa shape index (κ2) is 11.8. The topological polar surface area (TPSA) is 52.6 Å². The van der Waals surface area contributed by atoms with Crippen molar-refractivity contribution < 1.29 is 19.1 Å². The number of carbonyl (C=O) groups excluding carboxylic acids is 2. The summed E-state index contributed by atoms with van der Waals surface area (Å²) in [5, 5.41) is 3.42. The molecule has 3 aromatic rings. The van der Waals surface area contributed by atoms with Gasteiger partial charge in [0.15, 0.2) is 5.41 Å². The molecule has 1 aliphatic carbocycles. The van der Waals surface area contributed by atoms with Crippen LogP contribution >= 0.6 is 6.04 Å². The molecule has 4 nitrogen and oxygen atoms in total. The molecule has 0 unspecified atom stereocenters. The molecule has 0 spiro atoms. The molecule has 1 aliphatic rings. The first-order valence-corrected chi connectivity index (χ1v) is 15.7. The van der Waals surface area contributed by atoms with Crippen molar-refractivity contribution >= 4 is 45.7 Å². The van der Waals surface area contributed by atoms with Gasteiger partial charge in [-0.15, -0.1) is 0 Å². The van der Waals surface area contributed by atoms with Crippen molar-refractivity contribution in [2.24, 2.45) is 5.41 Å². The van der Waals surface area contributed by atoms with Crippen LogP contribution in [0.2, 0.25) is 0 Å². The molecule has 3 aromatic carbocycles. The molecule has 0 fully saturated rings. The average molecular weight is 535 g/mol. The molecule has 0 radical (unpaired) electrons. The molecule has 0 atom stereocenters. The van der Waals surface area contributed by atoms with Gasteiger partial charge in [0, 0.05) is 6.04 Å². The van der Waals surface area contributed by atoms with E-state index in [0.29, 0.717) is 0 Å². The van der Waals surface area contributed by atoms with Crippen molar-refractivity contribution in [1.29, 1.82) is 0 Å². The van der Waals surface area contributed by atoms with E-state index in [-0.39, 0.29) is 12.8 Å². The summed E-state index contributed by atoms with van der Waals surface area (Å²) in [6, 6.07) is 22.8. The molecule has 0 amide bonds. The standard InChI is InChI=1S/C31H35O4PS/c1-4-5-6-9-14-23-19-24-21-31(29(32)34-2,30(33)35-3)22-25(24)20-28(23)36(37,26-15-10-7-11-16-26)27-17-12-8-13-18-27/h7-8,10-13,15-20H,4-6,9,14,21-22H2,1-3H3. The van der Waals surface area contributed by atoms with E-state index in [1.807, 2.05) is 36.4 Å². The molecular weight excluding hydrogens is 499 g/mol. The summed E-state index contributed by atoms with van der Waals surface area (Å²) in [7, 11) is 2.65. The first kappa shape index (κ1) is 27.3. The van der Waals surface area contributed by atoms with Crippen LogP contribution < -0.4 is 15.9 Å². The number of benzene rings is 3. The quantitative estimate of drug-likeness (QED) is 0.159. The second-order valence-electron chi connectivity index (χ2n) is 9.76. The van der Waals surface area contributed by atoms with Gasteiger partial charge in [0.1, 0.15) is 0 Å². The zero-order valence-corrected chi connectivity index (χ0v) is 23.6. The SMILES string of the molecule is CCCCCCc1cc2c(cc1P(=S)(c1ccccc1)c1ccccc1)CC(C(=O)OC)(C(=O)OC)C2. The van der Waals surface area contributed by atoms with Crippen molar-refractivity contribution in [3.8, 4) is 0 Å². The van der Waals surface area contributed by atoms with Crippen LogP contribution in [-0.4, -0.2) is 26.2 Å². The Bertz CT molecular complexity index is 1240. The van der Waals surface area contributed by atoms with E-state index in [1.54, 1.807) is 0 Å². The molecule has 0 bridgehead atoms. The largest absolute Gasteiger partial charge is 0.468 e. The minimum absolute atomic E-state index is 0.254. The number of unbranched alkanes of at least 4 members (excludes halogenated alkanes) is 3. The summed E-state index contributed by atoms with van der Waals surface area (Å²) in [5.41, 5.74) is 1.85. The summed E-state index contributed by atoms with van der Waals surface area (Å²) < 4.78 is 10.2. The number of hydrogen-bond acceptors (Lipinski definition) is 5. The van der Waals surface area contributed by atoms with Gasteiger partial charge in [-0.1, -0.05) is 105 Å². The Labute approximate surface area is 225 Å². The lowest BCUT2D eigenvalue weighted by atomic mass is 9.85. The molecule has 6 heteroatoms. The predicted molar refractivity (Wildman–Crippen MR) is 154 cm³/mol. The Balaban J connectivity index is 1.92. The third-order valence-corrected chi connectivity index (χ3v) is 12.4. The average Bonchev–Trinajstić information content (AvgIpc) is 3.34. The third kappa shape index (κ3) is 5.17. The zero-order valence-electron chi connectivity index (χ0n) is 21.9. The van der Waals surface area contributed by atoms with Gasteiger partial charge in [0.05, 0.1) is 14.2 Å². The Morgan fingerprint density at radius 1 is 0.811 bits per heavy atom. The number of ether oxygens (including phenoxy) is 2. The van der Waals surface area contributed by atoms with Gasteiger partial charge in [0.2, 0.25) is 0 Å². The summed E-state index contributed by atoms with van der Waals surface area (Å²) in [4.78, 5) is 25.8. The van der Waals surface area contributed by atoms with Crippen LogP contribution in [0, 0.1) is 5.41 Å². The number of carbonyl (C=O) groups is 2. The van der Waals surface area contributed by atoms with Gasteiger partial charge < -0.3 is 9.47 Å². The molecule has 0 heterocycles. The highest BCUT2D eigenvalue weighted by Gasteiger charge is 2.53. The van der Waals surface area contributed by atoms with Crippen LogP contribution in [0.3, 0.4) is 0 Å². The fourth-order valence-electron chi connectivity index (χ4n) is 5.47. The highest BCUT2D eigenvalue weighted by molar-refractivity contribution is 8.25. The van der Waals surface area contributed by atoms with E-state index in [4.69, 9.17) is 21.3 Å². The summed E-state index contributed by atoms with van der Waals surface area (Å²) in [6.07, 6.45) is 6.03. The minimum Gasteiger partial charge on any atom is -0.468 e. The van der Waals surface area contributed by atoms with Gasteiger partial charge in [-0.2, -0.15) is 0 Å². The fourth-order valence-corrected chi connectivity index (χ4v) is 9.67. The maximum absolute atomic E-state index is 12.9. The van der Waals surface area contributed by atoms with Crippen molar-refractivity contribution in [3.05, 3.63) is 89.5 Å². The van der Waals surface area contributed by atoms with Crippen LogP contribution in [-0.2, 0) is 50.1 Å². The van der Waals surface area contributed by atoms with Crippen LogP contribution in [0.4, 0.5) is 0 Å². The van der Waals surface area contributed by atoms with Gasteiger partial charge in [-0.25, -0.2) is 0 Å². The Morgan fingerprint density at radius 3 is 1.81 bits per heavy atom. The lowest BCUT2D eigenvalue weighted by Crippen LogP contribution is -2.42. The molecule has 0 aliphatic heterocycles. The summed E-state index contributed by atoms with van der Waals surface area (Å²) in [5.74, 6) is -1.10. The van der Waals surface area contributed by atoms with Gasteiger partial charge in [-0.3, -0.25) is 9.59 Å². The lowest BCUT2D eigenvalue weighted by molar-refractivity contribution is -0.168. The maximum Gasteiger partial charge on any atom is 0.323 e. The first-order valence-electron chi connectivity index (χ1n) is 12.9. The smallest absolute Gasteiger partial charge is 0.323 e. The van der Waals surface area contributed by atoms with E-state index in [9.17, 15) is 9.59 Å². The molecule has 194 valence electrons. The number of esters is 2. The molecular formula is C31H35O4PS. The van der Waals surface area contributed by atoms with Crippen LogP contribution in [0.1, 0.15) is 49.3 Å². The van der Waals surface area contributed by atoms with Crippen LogP contribution in [0.5, 0.6) is 0 Å². The van der Waals surface area contributed by atoms with Crippen molar-refractivity contribution in [2.75, 3.05) is 14.2 Å². The molecule has 0 aromatic heterocycles. The van der Waals surface area contributed by atoms with E-state index < -0.39 is 23.4 Å². The molecule has 0 saturated carbocycles. The van der Waals surface area contributed by atoms with Crippen molar-refractivity contribution in [1.82, 2.24) is 0 Å². The minimum atomic E-state index is -2.40. The number of rotatable bonds is 10. The monoisotopic (exact) mass is 534 g/mol. The van der Waals surface area contributed by atoms with Gasteiger partial charge in [0.25, 0.3) is 0 Å². The summed E-state index contributed by atoms with van der Waals surface area (Å²) >= 11 is 6.70. The van der Waals surface area contributed by atoms with E-state index in [0.717, 1.165) is 46.3 Å². The van der Waals surface area contributed by atoms with E-state index in [1.165, 1.54) is 32.6 Å². The molecule has 0 N–H and O–H groups in total. The van der Waals surface area contributed by atoms with E-state index in [2.05, 4.69) is 43.3 Å². The third-order valence-electron chi connectivity index (χ3n) is 7.42. The second-order valence-corrected chi connectivity index (χ2v) is 14.1. The Morgan fingerprint density at radius 2 is 1.32 bits per heavy atom. The zero-order chi connectivity index (χ0) is 26.5. The Hall–Kier alpha value is -2.75. The van der Waals surface area contributed by atoms with Crippen molar-refractivity contribution in [3.63, 3.8) is 0 Å². The lowest BCUT2D eigenvalue weighted by Gasteiger charge is -2.27. The highest BCUT2D eigenvalue weighted by atomic mass is 32.4. The van der Waals surface area contributed by atoms with Crippen LogP contribution in [0.15, 0.2) is 72.8 Å². The molecule has 4 rings (SSSR count). The Kier molecular flexibility index (Phi) is 8.67. The van der Waals surface area contributed by atoms with Gasteiger partial charge >= 0.3 is 11.9 Å². The number of fused-ring (bicyclic) bond motifs is 1. The molecule has 0 saturated heterocycles. The summed E-state index contributed by atoms with van der Waals surface area (Å²) in [6.45, 7) is 2.21. The predicted octanol–water partition coefficient (Wildman–Crippen LogP) is 5.00. The van der Waals surface area contributed by atoms with Crippen molar-refractivity contribution in [2.45, 2.75) is 51.9 Å². The normalized spacial score (nSPS) is 14.1. The van der Waals surface area contributed by atoms with Crippen LogP contribution in [0.25, 0.3) is 0 Å². The number of aryl methyl sites for hydroxylation is 1. The number of methoxy groups -OCH3 is 2. The van der Waals surface area contributed by atoms with Gasteiger partial charge in [-0.05, 0) is 64.4 Å². The first-order chi connectivity index (χ1) is 17.9. The highest BCUT2D eigenvalue weighted by Crippen LogP contribution is 2.47. The maximum atomic E-state index is 12.9.